The van der Waals surface area contributed by atoms with Crippen molar-refractivity contribution >= 4 is 29.0 Å². The van der Waals surface area contributed by atoms with E-state index in [-0.39, 0.29) is 17.7 Å². The fourth-order valence-electron chi connectivity index (χ4n) is 4.22. The summed E-state index contributed by atoms with van der Waals surface area (Å²) in [7, 11) is 0. The van der Waals surface area contributed by atoms with Gasteiger partial charge < -0.3 is 10.2 Å². The molecule has 1 aliphatic heterocycles. The van der Waals surface area contributed by atoms with E-state index in [1.807, 2.05) is 84.6 Å². The van der Waals surface area contributed by atoms with Crippen LogP contribution >= 0.6 is 11.3 Å². The highest BCUT2D eigenvalue weighted by Gasteiger charge is 2.30. The first-order valence-corrected chi connectivity index (χ1v) is 12.5. The van der Waals surface area contributed by atoms with Crippen molar-refractivity contribution in [3.05, 3.63) is 89.4 Å². The summed E-state index contributed by atoms with van der Waals surface area (Å²) in [6.45, 7) is 3.02. The Bertz CT molecular complexity index is 1310. The average molecular weight is 483 g/mol. The predicted octanol–water partition coefficient (Wildman–Crippen LogP) is 5.67. The molecule has 35 heavy (non-hydrogen) atoms. The van der Waals surface area contributed by atoms with Crippen LogP contribution in [0.1, 0.15) is 28.1 Å². The van der Waals surface area contributed by atoms with Crippen LogP contribution in [0.5, 0.6) is 0 Å². The molecule has 6 nitrogen and oxygen atoms in total. The van der Waals surface area contributed by atoms with Crippen LogP contribution in [0.15, 0.2) is 79.0 Å². The van der Waals surface area contributed by atoms with Crippen molar-refractivity contribution < 1.29 is 9.59 Å². The first kappa shape index (κ1) is 22.9. The number of rotatable bonds is 5. The van der Waals surface area contributed by atoms with Gasteiger partial charge in [0.25, 0.3) is 5.91 Å². The number of likely N-dealkylation sites (tertiary alicyclic amines) is 1. The number of anilines is 1. The maximum Gasteiger partial charge on any atom is 0.266 e. The molecule has 2 aromatic heterocycles. The van der Waals surface area contributed by atoms with Gasteiger partial charge in [0.1, 0.15) is 15.7 Å². The fourth-order valence-corrected chi connectivity index (χ4v) is 5.28. The highest BCUT2D eigenvalue weighted by atomic mass is 32.1. The number of aromatic nitrogens is 2. The number of hydrogen-bond donors (Lipinski definition) is 1. The number of carbonyl (C=O) groups is 2. The third kappa shape index (κ3) is 5.15. The smallest absolute Gasteiger partial charge is 0.266 e. The summed E-state index contributed by atoms with van der Waals surface area (Å²) in [5.74, 6) is 0.354. The minimum atomic E-state index is -0.142. The summed E-state index contributed by atoms with van der Waals surface area (Å²) in [6, 6.07) is 23.5. The quantitative estimate of drug-likeness (QED) is 0.398. The Kier molecular flexibility index (Phi) is 6.68. The van der Waals surface area contributed by atoms with E-state index in [1.165, 1.54) is 11.3 Å². The standard InChI is InChI=1S/C28H26N4O2S/c1-19-12-13-23(29-18-19)30-26(33)21-14-16-32(17-15-21)28(34)25-24(20-8-4-2-5-9-20)31-27(35-25)22-10-6-3-7-11-22/h2-13,18,21H,14-17H2,1H3,(H,29,30,33). The van der Waals surface area contributed by atoms with Crippen LogP contribution in [0, 0.1) is 12.8 Å². The predicted molar refractivity (Wildman–Crippen MR) is 139 cm³/mol. The van der Waals surface area contributed by atoms with Gasteiger partial charge in [0.05, 0.1) is 5.69 Å². The molecule has 0 bridgehead atoms. The van der Waals surface area contributed by atoms with Gasteiger partial charge in [-0.1, -0.05) is 66.7 Å². The Morgan fingerprint density at radius 2 is 1.57 bits per heavy atom. The van der Waals surface area contributed by atoms with E-state index in [0.29, 0.717) is 42.3 Å². The molecule has 0 spiro atoms. The lowest BCUT2D eigenvalue weighted by Gasteiger charge is -2.31. The minimum absolute atomic E-state index is 0.0254. The number of nitrogens with one attached hydrogen (secondary N) is 1. The molecular weight excluding hydrogens is 456 g/mol. The Labute approximate surface area is 208 Å². The fraction of sp³-hybridized carbons (Fsp3) is 0.214. The number of amides is 2. The molecule has 0 saturated carbocycles. The van der Waals surface area contributed by atoms with Crippen LogP contribution in [0.4, 0.5) is 5.82 Å². The van der Waals surface area contributed by atoms with Gasteiger partial charge >= 0.3 is 0 Å². The van der Waals surface area contributed by atoms with Gasteiger partial charge in [-0.2, -0.15) is 0 Å². The largest absolute Gasteiger partial charge is 0.338 e. The molecule has 3 heterocycles. The van der Waals surface area contributed by atoms with Crippen molar-refractivity contribution in [2.45, 2.75) is 19.8 Å². The van der Waals surface area contributed by atoms with Crippen molar-refractivity contribution in [3.8, 4) is 21.8 Å². The van der Waals surface area contributed by atoms with Crippen LogP contribution < -0.4 is 5.32 Å². The molecule has 4 aromatic rings. The Morgan fingerprint density at radius 3 is 2.20 bits per heavy atom. The van der Waals surface area contributed by atoms with Crippen LogP contribution in [0.2, 0.25) is 0 Å². The summed E-state index contributed by atoms with van der Waals surface area (Å²) >= 11 is 1.43. The molecule has 176 valence electrons. The van der Waals surface area contributed by atoms with E-state index in [1.54, 1.807) is 6.20 Å². The number of nitrogens with zero attached hydrogens (tertiary/aromatic N) is 3. The van der Waals surface area contributed by atoms with Gasteiger partial charge in [-0.15, -0.1) is 11.3 Å². The number of thiazole rings is 1. The zero-order valence-corrected chi connectivity index (χ0v) is 20.3. The zero-order chi connectivity index (χ0) is 24.2. The lowest BCUT2D eigenvalue weighted by molar-refractivity contribution is -0.121. The van der Waals surface area contributed by atoms with Gasteiger partial charge in [0.2, 0.25) is 5.91 Å². The van der Waals surface area contributed by atoms with E-state index in [0.717, 1.165) is 21.7 Å². The second-order valence-corrected chi connectivity index (χ2v) is 9.70. The third-order valence-corrected chi connectivity index (χ3v) is 7.30. The van der Waals surface area contributed by atoms with Gasteiger partial charge in [-0.05, 0) is 31.4 Å². The summed E-state index contributed by atoms with van der Waals surface area (Å²) in [5, 5.41) is 3.73. The van der Waals surface area contributed by atoms with Crippen molar-refractivity contribution in [2.24, 2.45) is 5.92 Å². The monoisotopic (exact) mass is 482 g/mol. The average Bonchev–Trinajstić information content (AvgIpc) is 3.36. The number of pyridine rings is 1. The van der Waals surface area contributed by atoms with Crippen LogP contribution in [0.25, 0.3) is 21.8 Å². The molecule has 2 amide bonds. The van der Waals surface area contributed by atoms with Gasteiger partial charge in [-0.25, -0.2) is 9.97 Å². The number of piperidine rings is 1. The van der Waals surface area contributed by atoms with Crippen molar-refractivity contribution in [2.75, 3.05) is 18.4 Å². The van der Waals surface area contributed by atoms with E-state index < -0.39 is 0 Å². The summed E-state index contributed by atoms with van der Waals surface area (Å²) in [4.78, 5) is 38.0. The van der Waals surface area contributed by atoms with Gasteiger partial charge in [0, 0.05) is 36.3 Å². The molecule has 1 N–H and O–H groups in total. The number of benzene rings is 2. The Balaban J connectivity index is 1.32. The summed E-state index contributed by atoms with van der Waals surface area (Å²) in [5.41, 5.74) is 3.68. The molecule has 1 aliphatic rings. The molecule has 2 aromatic carbocycles. The van der Waals surface area contributed by atoms with Crippen molar-refractivity contribution in [1.82, 2.24) is 14.9 Å². The van der Waals surface area contributed by atoms with Gasteiger partial charge in [-0.3, -0.25) is 9.59 Å². The Morgan fingerprint density at radius 1 is 0.914 bits per heavy atom. The third-order valence-electron chi connectivity index (χ3n) is 6.20. The Hall–Kier alpha value is -3.84. The second-order valence-electron chi connectivity index (χ2n) is 8.71. The first-order chi connectivity index (χ1) is 17.1. The number of carbonyl (C=O) groups excluding carboxylic acids is 2. The minimum Gasteiger partial charge on any atom is -0.338 e. The van der Waals surface area contributed by atoms with Gasteiger partial charge in [0.15, 0.2) is 0 Å². The molecule has 0 aliphatic carbocycles. The zero-order valence-electron chi connectivity index (χ0n) is 19.5. The van der Waals surface area contributed by atoms with Crippen LogP contribution in [-0.2, 0) is 4.79 Å². The van der Waals surface area contributed by atoms with E-state index >= 15 is 0 Å². The number of hydrogen-bond acceptors (Lipinski definition) is 5. The van der Waals surface area contributed by atoms with Crippen LogP contribution in [0.3, 0.4) is 0 Å². The lowest BCUT2D eigenvalue weighted by Crippen LogP contribution is -2.41. The van der Waals surface area contributed by atoms with Crippen LogP contribution in [-0.4, -0.2) is 39.8 Å². The normalized spacial score (nSPS) is 14.0. The maximum absolute atomic E-state index is 13.6. The molecule has 0 atom stereocenters. The van der Waals surface area contributed by atoms with Crippen molar-refractivity contribution in [1.29, 1.82) is 0 Å². The SMILES string of the molecule is Cc1ccc(NC(=O)C2CCN(C(=O)c3sc(-c4ccccc4)nc3-c3ccccc3)CC2)nc1. The van der Waals surface area contributed by atoms with E-state index in [4.69, 9.17) is 4.98 Å². The summed E-state index contributed by atoms with van der Waals surface area (Å²) < 4.78 is 0. The molecule has 1 saturated heterocycles. The van der Waals surface area contributed by atoms with E-state index in [2.05, 4.69) is 10.3 Å². The lowest BCUT2D eigenvalue weighted by atomic mass is 9.95. The topological polar surface area (TPSA) is 75.2 Å². The molecule has 7 heteroatoms. The van der Waals surface area contributed by atoms with Crippen molar-refractivity contribution in [3.63, 3.8) is 0 Å². The summed E-state index contributed by atoms with van der Waals surface area (Å²) in [6.07, 6.45) is 2.98. The number of aryl methyl sites for hydroxylation is 1. The highest BCUT2D eigenvalue weighted by Crippen LogP contribution is 2.35. The van der Waals surface area contributed by atoms with E-state index in [9.17, 15) is 9.59 Å². The highest BCUT2D eigenvalue weighted by molar-refractivity contribution is 7.17. The second kappa shape index (κ2) is 10.2. The molecule has 0 radical (unpaired) electrons. The first-order valence-electron chi connectivity index (χ1n) is 11.7. The maximum atomic E-state index is 13.6. The molecule has 1 fully saturated rings. The molecule has 0 unspecified atom stereocenters. The molecule has 5 rings (SSSR count). The molecular formula is C28H26N4O2S.